The highest BCUT2D eigenvalue weighted by Gasteiger charge is 2.24. The number of para-hydroxylation sites is 1. The van der Waals surface area contributed by atoms with Gasteiger partial charge in [-0.05, 0) is 44.2 Å². The molecule has 1 heteroatoms. The summed E-state index contributed by atoms with van der Waals surface area (Å²) in [7, 11) is 0. The van der Waals surface area contributed by atoms with E-state index in [9.17, 15) is 0 Å². The molecule has 90 valence electrons. The molecule has 0 unspecified atom stereocenters. The van der Waals surface area contributed by atoms with Crippen molar-refractivity contribution >= 4 is 0 Å². The van der Waals surface area contributed by atoms with Crippen molar-refractivity contribution in [2.24, 2.45) is 0 Å². The highest BCUT2D eigenvalue weighted by molar-refractivity contribution is 5.39. The Hall–Kier alpha value is -0.980. The second-order valence-electron chi connectivity index (χ2n) is 5.95. The van der Waals surface area contributed by atoms with Gasteiger partial charge in [-0.1, -0.05) is 39.0 Å². The maximum absolute atomic E-state index is 6.02. The van der Waals surface area contributed by atoms with Crippen LogP contribution in [-0.2, 0) is 5.41 Å². The average Bonchev–Trinajstić information content (AvgIpc) is 2.16. The fraction of sp³-hybridized carbons (Fsp3) is 0.600. The molecule has 0 atom stereocenters. The Labute approximate surface area is 99.8 Å². The molecule has 0 heterocycles. The first kappa shape index (κ1) is 13.1. The highest BCUT2D eigenvalue weighted by Crippen LogP contribution is 2.35. The van der Waals surface area contributed by atoms with E-state index < -0.39 is 0 Å². The van der Waals surface area contributed by atoms with Crippen molar-refractivity contribution in [3.8, 4) is 5.75 Å². The van der Waals surface area contributed by atoms with Crippen molar-refractivity contribution in [2.45, 2.75) is 59.0 Å². The zero-order chi connectivity index (χ0) is 12.4. The molecule has 0 bridgehead atoms. The summed E-state index contributed by atoms with van der Waals surface area (Å²) in [5, 5.41) is 0. The Morgan fingerprint density at radius 1 is 1.00 bits per heavy atom. The smallest absolute Gasteiger partial charge is 0.123 e. The number of benzene rings is 1. The van der Waals surface area contributed by atoms with Gasteiger partial charge in [-0.3, -0.25) is 0 Å². The summed E-state index contributed by atoms with van der Waals surface area (Å²) in [6, 6.07) is 8.36. The Kier molecular flexibility index (Phi) is 3.67. The topological polar surface area (TPSA) is 9.23 Å². The molecule has 0 fully saturated rings. The molecular weight excluding hydrogens is 196 g/mol. The number of ether oxygens (including phenoxy) is 1. The lowest BCUT2D eigenvalue weighted by Gasteiger charge is -2.29. The van der Waals surface area contributed by atoms with Gasteiger partial charge in [0, 0.05) is 0 Å². The monoisotopic (exact) mass is 220 g/mol. The van der Waals surface area contributed by atoms with Gasteiger partial charge < -0.3 is 4.74 Å². The summed E-state index contributed by atoms with van der Waals surface area (Å²) < 4.78 is 6.02. The molecule has 0 saturated heterocycles. The molecule has 1 rings (SSSR count). The second-order valence-corrected chi connectivity index (χ2v) is 5.95. The minimum Gasteiger partial charge on any atom is -0.488 e. The highest BCUT2D eigenvalue weighted by atomic mass is 16.5. The van der Waals surface area contributed by atoms with Crippen LogP contribution in [-0.4, -0.2) is 5.60 Å². The number of hydrogen-bond donors (Lipinski definition) is 0. The van der Waals surface area contributed by atoms with Crippen LogP contribution in [0.25, 0.3) is 0 Å². The number of hydrogen-bond acceptors (Lipinski definition) is 1. The summed E-state index contributed by atoms with van der Waals surface area (Å²) >= 11 is 0. The normalized spacial score (nSPS) is 12.6. The first-order chi connectivity index (χ1) is 7.26. The molecule has 0 radical (unpaired) electrons. The summed E-state index contributed by atoms with van der Waals surface area (Å²) in [4.78, 5) is 0. The molecule has 1 nitrogen and oxygen atoms in total. The van der Waals surface area contributed by atoms with E-state index >= 15 is 0 Å². The quantitative estimate of drug-likeness (QED) is 0.726. The van der Waals surface area contributed by atoms with Crippen LogP contribution in [0.1, 0.15) is 53.5 Å². The van der Waals surface area contributed by atoms with Crippen LogP contribution in [0.4, 0.5) is 0 Å². The summed E-state index contributed by atoms with van der Waals surface area (Å²) in [6.45, 7) is 13.0. The maximum atomic E-state index is 6.02. The molecule has 0 aliphatic carbocycles. The van der Waals surface area contributed by atoms with Crippen molar-refractivity contribution < 1.29 is 4.74 Å². The van der Waals surface area contributed by atoms with Gasteiger partial charge in [-0.25, -0.2) is 0 Å². The van der Waals surface area contributed by atoms with Crippen LogP contribution < -0.4 is 4.74 Å². The largest absolute Gasteiger partial charge is 0.488 e. The Morgan fingerprint density at radius 3 is 2.06 bits per heavy atom. The van der Waals surface area contributed by atoms with Gasteiger partial charge in [0.1, 0.15) is 11.4 Å². The van der Waals surface area contributed by atoms with Crippen molar-refractivity contribution in [3.63, 3.8) is 0 Å². The molecule has 0 spiro atoms. The van der Waals surface area contributed by atoms with E-state index in [0.29, 0.717) is 0 Å². The molecule has 1 aromatic carbocycles. The van der Waals surface area contributed by atoms with E-state index in [2.05, 4.69) is 59.7 Å². The molecule has 0 aliphatic heterocycles. The fourth-order valence-corrected chi connectivity index (χ4v) is 1.64. The molecule has 0 N–H and O–H groups in total. The van der Waals surface area contributed by atoms with Gasteiger partial charge in [0.15, 0.2) is 0 Å². The van der Waals surface area contributed by atoms with Crippen LogP contribution >= 0.6 is 0 Å². The first-order valence-electron chi connectivity index (χ1n) is 6.05. The fourth-order valence-electron chi connectivity index (χ4n) is 1.64. The van der Waals surface area contributed by atoms with Gasteiger partial charge >= 0.3 is 0 Å². The SMILES string of the molecule is CCC(C)(C)c1ccccc1OC(C)(C)C. The van der Waals surface area contributed by atoms with E-state index in [0.717, 1.165) is 12.2 Å². The van der Waals surface area contributed by atoms with Crippen LogP contribution in [0.15, 0.2) is 24.3 Å². The maximum Gasteiger partial charge on any atom is 0.123 e. The predicted molar refractivity (Wildman–Crippen MR) is 70.1 cm³/mol. The minimum atomic E-state index is -0.139. The molecule has 1 aromatic rings. The molecule has 0 amide bonds. The van der Waals surface area contributed by atoms with Crippen molar-refractivity contribution in [1.82, 2.24) is 0 Å². The Morgan fingerprint density at radius 2 is 1.56 bits per heavy atom. The van der Waals surface area contributed by atoms with Gasteiger partial charge in [-0.15, -0.1) is 0 Å². The Bertz CT molecular complexity index is 345. The third-order valence-electron chi connectivity index (χ3n) is 2.92. The first-order valence-corrected chi connectivity index (χ1v) is 6.05. The Balaban J connectivity index is 3.11. The minimum absolute atomic E-state index is 0.139. The third-order valence-corrected chi connectivity index (χ3v) is 2.92. The second kappa shape index (κ2) is 4.48. The van der Waals surface area contributed by atoms with Gasteiger partial charge in [0.2, 0.25) is 0 Å². The predicted octanol–water partition coefficient (Wildman–Crippen LogP) is 4.55. The zero-order valence-electron chi connectivity index (χ0n) is 11.4. The lowest BCUT2D eigenvalue weighted by molar-refractivity contribution is 0.127. The molecule has 0 aromatic heterocycles. The molecular formula is C15H24O. The van der Waals surface area contributed by atoms with E-state index in [1.807, 2.05) is 6.07 Å². The molecule has 16 heavy (non-hydrogen) atoms. The van der Waals surface area contributed by atoms with Gasteiger partial charge in [-0.2, -0.15) is 0 Å². The summed E-state index contributed by atoms with van der Waals surface area (Å²) in [6.07, 6.45) is 1.11. The molecule has 0 saturated carbocycles. The van der Waals surface area contributed by atoms with E-state index in [1.165, 1.54) is 5.56 Å². The summed E-state index contributed by atoms with van der Waals surface area (Å²) in [5.74, 6) is 1.02. The zero-order valence-corrected chi connectivity index (χ0v) is 11.4. The van der Waals surface area contributed by atoms with Crippen molar-refractivity contribution in [2.75, 3.05) is 0 Å². The van der Waals surface area contributed by atoms with Crippen molar-refractivity contribution in [3.05, 3.63) is 29.8 Å². The molecule has 0 aliphatic rings. The average molecular weight is 220 g/mol. The van der Waals surface area contributed by atoms with Gasteiger partial charge in [0.05, 0.1) is 0 Å². The van der Waals surface area contributed by atoms with E-state index in [-0.39, 0.29) is 11.0 Å². The van der Waals surface area contributed by atoms with Gasteiger partial charge in [0.25, 0.3) is 0 Å². The number of rotatable bonds is 3. The lowest BCUT2D eigenvalue weighted by atomic mass is 9.81. The summed E-state index contributed by atoms with van der Waals surface area (Å²) in [5.41, 5.74) is 1.33. The van der Waals surface area contributed by atoms with E-state index in [1.54, 1.807) is 0 Å². The van der Waals surface area contributed by atoms with Crippen LogP contribution in [0.3, 0.4) is 0 Å². The standard InChI is InChI=1S/C15H24O/c1-7-15(5,6)12-10-8-9-11-13(12)16-14(2,3)4/h8-11H,7H2,1-6H3. The lowest BCUT2D eigenvalue weighted by Crippen LogP contribution is -2.26. The van der Waals surface area contributed by atoms with Crippen molar-refractivity contribution in [1.29, 1.82) is 0 Å². The van der Waals surface area contributed by atoms with Crippen LogP contribution in [0, 0.1) is 0 Å². The van der Waals surface area contributed by atoms with Crippen LogP contribution in [0.5, 0.6) is 5.75 Å². The third kappa shape index (κ3) is 3.26. The van der Waals surface area contributed by atoms with E-state index in [4.69, 9.17) is 4.74 Å². The van der Waals surface area contributed by atoms with Crippen LogP contribution in [0.2, 0.25) is 0 Å².